The number of nitrogens with one attached hydrogen (secondary N) is 2. The van der Waals surface area contributed by atoms with Crippen molar-refractivity contribution in [3.63, 3.8) is 0 Å². The minimum absolute atomic E-state index is 0.295. The van der Waals surface area contributed by atoms with Crippen LogP contribution in [0.5, 0.6) is 0 Å². The number of hydrogen-bond donors (Lipinski definition) is 2. The molecule has 0 unspecified atom stereocenters. The van der Waals surface area contributed by atoms with Crippen molar-refractivity contribution in [3.05, 3.63) is 57.8 Å². The van der Waals surface area contributed by atoms with Gasteiger partial charge in [-0.1, -0.05) is 18.2 Å². The van der Waals surface area contributed by atoms with Crippen LogP contribution in [0.15, 0.2) is 42.5 Å². The fraction of sp³-hybridized carbons (Fsp3) is 0.0714. The molecule has 6 nitrogen and oxygen atoms in total. The van der Waals surface area contributed by atoms with Crippen LogP contribution in [0.1, 0.15) is 29.7 Å². The van der Waals surface area contributed by atoms with E-state index in [1.54, 1.807) is 30.3 Å². The summed E-state index contributed by atoms with van der Waals surface area (Å²) in [4.78, 5) is 35.5. The summed E-state index contributed by atoms with van der Waals surface area (Å²) in [7, 11) is 1.27. The third-order valence-corrected chi connectivity index (χ3v) is 3.61. The van der Waals surface area contributed by atoms with Crippen LogP contribution < -0.4 is 10.9 Å². The van der Waals surface area contributed by atoms with Crippen LogP contribution in [0.3, 0.4) is 0 Å². The minimum Gasteiger partial charge on any atom is -0.465 e. The van der Waals surface area contributed by atoms with Gasteiger partial charge in [-0.3, -0.25) is 20.4 Å². The SMILES string of the molecule is COC(=O)c1ccc(C(=O)NNC(=O)c2ccccc2)s1. The second-order valence-electron chi connectivity index (χ2n) is 3.93. The first-order valence-corrected chi connectivity index (χ1v) is 6.77. The van der Waals surface area contributed by atoms with Crippen LogP contribution in [-0.2, 0) is 4.74 Å². The summed E-state index contributed by atoms with van der Waals surface area (Å²) >= 11 is 0.983. The van der Waals surface area contributed by atoms with Crippen molar-refractivity contribution in [1.82, 2.24) is 10.9 Å². The first-order valence-electron chi connectivity index (χ1n) is 5.95. The molecule has 0 spiro atoms. The lowest BCUT2D eigenvalue weighted by atomic mass is 10.2. The number of methoxy groups -OCH3 is 1. The maximum absolute atomic E-state index is 11.8. The summed E-state index contributed by atoms with van der Waals surface area (Å²) in [6, 6.07) is 11.5. The first kappa shape index (κ1) is 14.7. The molecule has 2 rings (SSSR count). The largest absolute Gasteiger partial charge is 0.465 e. The van der Waals surface area contributed by atoms with Crippen LogP contribution in [-0.4, -0.2) is 24.9 Å². The smallest absolute Gasteiger partial charge is 0.348 e. The molecule has 0 aliphatic heterocycles. The van der Waals surface area contributed by atoms with Gasteiger partial charge in [0.25, 0.3) is 11.8 Å². The molecule has 1 heterocycles. The molecule has 0 fully saturated rings. The number of hydrogen-bond acceptors (Lipinski definition) is 5. The first-order chi connectivity index (χ1) is 10.1. The quantitative estimate of drug-likeness (QED) is 0.666. The topological polar surface area (TPSA) is 84.5 Å². The third kappa shape index (κ3) is 3.67. The van der Waals surface area contributed by atoms with Crippen LogP contribution >= 0.6 is 11.3 Å². The molecular formula is C14H12N2O4S. The normalized spacial score (nSPS) is 9.76. The molecule has 1 aromatic carbocycles. The van der Waals surface area contributed by atoms with E-state index < -0.39 is 17.8 Å². The Hall–Kier alpha value is -2.67. The predicted octanol–water partition coefficient (Wildman–Crippen LogP) is 1.61. The lowest BCUT2D eigenvalue weighted by Gasteiger charge is -2.05. The number of ether oxygens (including phenoxy) is 1. The molecule has 2 aromatic rings. The average molecular weight is 304 g/mol. The van der Waals surface area contributed by atoms with Gasteiger partial charge in [0.15, 0.2) is 0 Å². The Balaban J connectivity index is 1.94. The van der Waals surface area contributed by atoms with Gasteiger partial charge >= 0.3 is 5.97 Å². The summed E-state index contributed by atoms with van der Waals surface area (Å²) in [6.45, 7) is 0. The van der Waals surface area contributed by atoms with Gasteiger partial charge in [0, 0.05) is 5.56 Å². The van der Waals surface area contributed by atoms with Crippen LogP contribution in [0, 0.1) is 0 Å². The summed E-state index contributed by atoms with van der Waals surface area (Å²) in [6.07, 6.45) is 0. The zero-order chi connectivity index (χ0) is 15.2. The number of carbonyl (C=O) groups excluding carboxylic acids is 3. The van der Waals surface area contributed by atoms with Crippen LogP contribution in [0.25, 0.3) is 0 Å². The van der Waals surface area contributed by atoms with E-state index in [1.165, 1.54) is 19.2 Å². The van der Waals surface area contributed by atoms with Crippen molar-refractivity contribution in [2.75, 3.05) is 7.11 Å². The van der Waals surface area contributed by atoms with Crippen molar-refractivity contribution >= 4 is 29.1 Å². The number of esters is 1. The Morgan fingerprint density at radius 1 is 0.905 bits per heavy atom. The number of thiophene rings is 1. The summed E-state index contributed by atoms with van der Waals surface area (Å²) in [5.74, 6) is -1.43. The van der Waals surface area contributed by atoms with E-state index in [-0.39, 0.29) is 0 Å². The molecule has 108 valence electrons. The zero-order valence-electron chi connectivity index (χ0n) is 11.1. The Bertz CT molecular complexity index is 667. The van der Waals surface area contributed by atoms with Gasteiger partial charge < -0.3 is 4.74 Å². The molecule has 0 bridgehead atoms. The van der Waals surface area contributed by atoms with Gasteiger partial charge in [-0.15, -0.1) is 11.3 Å². The predicted molar refractivity (Wildman–Crippen MR) is 77.0 cm³/mol. The van der Waals surface area contributed by atoms with E-state index in [0.29, 0.717) is 15.3 Å². The van der Waals surface area contributed by atoms with Crippen molar-refractivity contribution in [2.45, 2.75) is 0 Å². The molecule has 0 atom stereocenters. The third-order valence-electron chi connectivity index (χ3n) is 2.54. The second-order valence-corrected chi connectivity index (χ2v) is 5.01. The van der Waals surface area contributed by atoms with Crippen molar-refractivity contribution < 1.29 is 19.1 Å². The van der Waals surface area contributed by atoms with Crippen molar-refractivity contribution in [3.8, 4) is 0 Å². The van der Waals surface area contributed by atoms with Gasteiger partial charge in [-0.25, -0.2) is 4.79 Å². The molecule has 0 saturated carbocycles. The summed E-state index contributed by atoms with van der Waals surface area (Å²) < 4.78 is 4.56. The molecular weight excluding hydrogens is 292 g/mol. The Kier molecular flexibility index (Phi) is 4.68. The lowest BCUT2D eigenvalue weighted by molar-refractivity contribution is 0.0606. The fourth-order valence-electron chi connectivity index (χ4n) is 1.51. The van der Waals surface area contributed by atoms with Crippen LogP contribution in [0.4, 0.5) is 0 Å². The average Bonchev–Trinajstić information content (AvgIpc) is 3.02. The van der Waals surface area contributed by atoms with Gasteiger partial charge in [0.1, 0.15) is 4.88 Å². The molecule has 2 amide bonds. The van der Waals surface area contributed by atoms with Gasteiger partial charge in [-0.2, -0.15) is 0 Å². The fourth-order valence-corrected chi connectivity index (χ4v) is 2.33. The van der Waals surface area contributed by atoms with E-state index in [1.807, 2.05) is 0 Å². The number of carbonyl (C=O) groups is 3. The highest BCUT2D eigenvalue weighted by molar-refractivity contribution is 7.15. The maximum atomic E-state index is 11.8. The number of hydrazine groups is 1. The van der Waals surface area contributed by atoms with E-state index in [0.717, 1.165) is 11.3 Å². The zero-order valence-corrected chi connectivity index (χ0v) is 11.9. The number of benzene rings is 1. The van der Waals surface area contributed by atoms with Crippen molar-refractivity contribution in [1.29, 1.82) is 0 Å². The molecule has 0 aliphatic rings. The van der Waals surface area contributed by atoms with E-state index >= 15 is 0 Å². The Morgan fingerprint density at radius 3 is 2.19 bits per heavy atom. The van der Waals surface area contributed by atoms with Crippen LogP contribution in [0.2, 0.25) is 0 Å². The highest BCUT2D eigenvalue weighted by atomic mass is 32.1. The highest BCUT2D eigenvalue weighted by Gasteiger charge is 2.14. The van der Waals surface area contributed by atoms with E-state index in [9.17, 15) is 14.4 Å². The number of rotatable bonds is 3. The molecule has 21 heavy (non-hydrogen) atoms. The summed E-state index contributed by atoms with van der Waals surface area (Å²) in [5.41, 5.74) is 5.02. The maximum Gasteiger partial charge on any atom is 0.348 e. The summed E-state index contributed by atoms with van der Waals surface area (Å²) in [5, 5.41) is 0. The molecule has 0 saturated heterocycles. The van der Waals surface area contributed by atoms with E-state index in [4.69, 9.17) is 0 Å². The van der Waals surface area contributed by atoms with Gasteiger partial charge in [-0.05, 0) is 24.3 Å². The molecule has 1 aromatic heterocycles. The number of amides is 2. The molecule has 2 N–H and O–H groups in total. The van der Waals surface area contributed by atoms with Crippen molar-refractivity contribution in [2.24, 2.45) is 0 Å². The Morgan fingerprint density at radius 2 is 1.52 bits per heavy atom. The molecule has 7 heteroatoms. The van der Waals surface area contributed by atoms with Gasteiger partial charge in [0.2, 0.25) is 0 Å². The van der Waals surface area contributed by atoms with E-state index in [2.05, 4.69) is 15.6 Å². The monoisotopic (exact) mass is 304 g/mol. The highest BCUT2D eigenvalue weighted by Crippen LogP contribution is 2.16. The Labute approximate surface area is 124 Å². The molecule has 0 radical (unpaired) electrons. The van der Waals surface area contributed by atoms with Gasteiger partial charge in [0.05, 0.1) is 12.0 Å². The molecule has 0 aliphatic carbocycles. The minimum atomic E-state index is -0.507. The lowest BCUT2D eigenvalue weighted by Crippen LogP contribution is -2.41. The standard InChI is InChI=1S/C14H12N2O4S/c1-20-14(19)11-8-7-10(21-11)13(18)16-15-12(17)9-5-3-2-4-6-9/h2-8H,1H3,(H,15,17)(H,16,18). The second kappa shape index (κ2) is 6.67.